The van der Waals surface area contributed by atoms with Crippen molar-refractivity contribution in [2.24, 2.45) is 0 Å². The van der Waals surface area contributed by atoms with E-state index in [1.807, 2.05) is 37.3 Å². The van der Waals surface area contributed by atoms with Crippen molar-refractivity contribution in [3.63, 3.8) is 0 Å². The van der Waals surface area contributed by atoms with Crippen LogP contribution in [0.5, 0.6) is 0 Å². The second kappa shape index (κ2) is 8.94. The molecule has 0 saturated carbocycles. The minimum absolute atomic E-state index is 0.147. The lowest BCUT2D eigenvalue weighted by Gasteiger charge is -2.02. The number of rotatable bonds is 7. The van der Waals surface area contributed by atoms with Gasteiger partial charge < -0.3 is 15.9 Å². The molecule has 0 aliphatic carbocycles. The molecule has 0 aliphatic rings. The van der Waals surface area contributed by atoms with Crippen LogP contribution in [-0.4, -0.2) is 33.9 Å². The van der Waals surface area contributed by atoms with E-state index in [0.717, 1.165) is 16.8 Å². The third-order valence-corrected chi connectivity index (χ3v) is 5.84. The zero-order valence-electron chi connectivity index (χ0n) is 15.5. The Kier molecular flexibility index (Phi) is 6.37. The molecule has 3 aromatic rings. The maximum atomic E-state index is 12.3. The zero-order chi connectivity index (χ0) is 20.1. The molecule has 3 rings (SSSR count). The van der Waals surface area contributed by atoms with E-state index in [2.05, 4.69) is 10.3 Å². The molecular weight excluding hydrogens is 396 g/mol. The number of benzene rings is 1. The van der Waals surface area contributed by atoms with Crippen molar-refractivity contribution < 1.29 is 14.3 Å². The number of amides is 1. The first-order chi connectivity index (χ1) is 13.5. The van der Waals surface area contributed by atoms with Crippen LogP contribution in [0, 0.1) is 6.92 Å². The lowest BCUT2D eigenvalue weighted by Crippen LogP contribution is -2.15. The molecule has 9 heteroatoms. The number of aromatic nitrogens is 2. The minimum Gasteiger partial charge on any atom is -0.462 e. The summed E-state index contributed by atoms with van der Waals surface area (Å²) < 4.78 is 6.43. The Bertz CT molecular complexity index is 982. The van der Waals surface area contributed by atoms with E-state index in [1.165, 1.54) is 27.8 Å². The second-order valence-corrected chi connectivity index (χ2v) is 7.86. The number of nitrogens with one attached hydrogen (secondary N) is 1. The van der Waals surface area contributed by atoms with E-state index in [4.69, 9.17) is 10.6 Å². The number of carbonyl (C=O) groups excluding carboxylic acids is 2. The maximum Gasteiger partial charge on any atom is 0.348 e. The predicted molar refractivity (Wildman–Crippen MR) is 112 cm³/mol. The quantitative estimate of drug-likeness (QED) is 0.347. The molecule has 3 N–H and O–H groups in total. The zero-order valence-corrected chi connectivity index (χ0v) is 17.1. The number of thiophene rings is 1. The average Bonchev–Trinajstić information content (AvgIpc) is 3.23. The standard InChI is InChI=1S/C19H20N4O3S2/c1-3-26-18(25)17-12(2)9-16(28-17)22-15(24)11-27-19-21-14(10-23(19)20)13-7-5-4-6-8-13/h4-10H,3,11,20H2,1-2H3,(H,22,24). The van der Waals surface area contributed by atoms with Gasteiger partial charge in [0.15, 0.2) is 5.16 Å². The van der Waals surface area contributed by atoms with Gasteiger partial charge in [0.25, 0.3) is 0 Å². The van der Waals surface area contributed by atoms with E-state index in [9.17, 15) is 9.59 Å². The van der Waals surface area contributed by atoms with Crippen molar-refractivity contribution in [3.05, 3.63) is 53.0 Å². The highest BCUT2D eigenvalue weighted by molar-refractivity contribution is 7.99. The van der Waals surface area contributed by atoms with Crippen LogP contribution in [0.15, 0.2) is 47.8 Å². The number of anilines is 1. The Hall–Kier alpha value is -2.78. The van der Waals surface area contributed by atoms with Crippen LogP contribution < -0.4 is 11.2 Å². The van der Waals surface area contributed by atoms with Gasteiger partial charge in [-0.15, -0.1) is 11.3 Å². The topological polar surface area (TPSA) is 99.2 Å². The number of nitrogens with zero attached hydrogens (tertiary/aromatic N) is 2. The molecule has 2 aromatic heterocycles. The van der Waals surface area contributed by atoms with Crippen molar-refractivity contribution >= 4 is 40.0 Å². The summed E-state index contributed by atoms with van der Waals surface area (Å²) in [6.45, 7) is 3.87. The third kappa shape index (κ3) is 4.73. The Balaban J connectivity index is 1.60. The molecule has 28 heavy (non-hydrogen) atoms. The molecule has 146 valence electrons. The number of hydrogen-bond donors (Lipinski definition) is 2. The Morgan fingerprint density at radius 3 is 2.79 bits per heavy atom. The Labute approximate surface area is 170 Å². The smallest absolute Gasteiger partial charge is 0.348 e. The number of hydrogen-bond acceptors (Lipinski definition) is 7. The summed E-state index contributed by atoms with van der Waals surface area (Å²) in [5, 5.41) is 3.95. The highest BCUT2D eigenvalue weighted by Gasteiger charge is 2.16. The number of ether oxygens (including phenoxy) is 1. The van der Waals surface area contributed by atoms with Crippen molar-refractivity contribution in [2.45, 2.75) is 19.0 Å². The van der Waals surface area contributed by atoms with Gasteiger partial charge in [0.2, 0.25) is 5.91 Å². The number of imidazole rings is 1. The number of thioether (sulfide) groups is 1. The second-order valence-electron chi connectivity index (χ2n) is 5.86. The molecule has 1 aromatic carbocycles. The largest absolute Gasteiger partial charge is 0.462 e. The van der Waals surface area contributed by atoms with Gasteiger partial charge in [-0.3, -0.25) is 4.79 Å². The molecule has 0 spiro atoms. The van der Waals surface area contributed by atoms with Gasteiger partial charge in [-0.05, 0) is 25.5 Å². The first-order valence-corrected chi connectivity index (χ1v) is 10.4. The fourth-order valence-electron chi connectivity index (χ4n) is 2.48. The van der Waals surface area contributed by atoms with Gasteiger partial charge >= 0.3 is 5.97 Å². The number of esters is 1. The van der Waals surface area contributed by atoms with Crippen LogP contribution in [0.3, 0.4) is 0 Å². The first kappa shape index (κ1) is 20.0. The van der Waals surface area contributed by atoms with Crippen LogP contribution in [0.1, 0.15) is 22.2 Å². The Morgan fingerprint density at radius 1 is 1.32 bits per heavy atom. The Morgan fingerprint density at radius 2 is 2.07 bits per heavy atom. The van der Waals surface area contributed by atoms with Crippen molar-refractivity contribution in [2.75, 3.05) is 23.5 Å². The molecule has 0 radical (unpaired) electrons. The third-order valence-electron chi connectivity index (χ3n) is 3.74. The predicted octanol–water partition coefficient (Wildman–Crippen LogP) is 3.54. The summed E-state index contributed by atoms with van der Waals surface area (Å²) in [7, 11) is 0. The van der Waals surface area contributed by atoms with Gasteiger partial charge in [0.1, 0.15) is 4.88 Å². The van der Waals surface area contributed by atoms with E-state index < -0.39 is 0 Å². The van der Waals surface area contributed by atoms with E-state index >= 15 is 0 Å². The molecule has 1 amide bonds. The molecule has 7 nitrogen and oxygen atoms in total. The molecule has 0 fully saturated rings. The SMILES string of the molecule is CCOC(=O)c1sc(NC(=O)CSc2nc(-c3ccccc3)cn2N)cc1C. The summed E-state index contributed by atoms with van der Waals surface area (Å²) in [5.74, 6) is 5.52. The van der Waals surface area contributed by atoms with Crippen LogP contribution in [0.2, 0.25) is 0 Å². The van der Waals surface area contributed by atoms with Crippen molar-refractivity contribution in [1.29, 1.82) is 0 Å². The van der Waals surface area contributed by atoms with Gasteiger partial charge in [0.05, 0.1) is 29.3 Å². The monoisotopic (exact) mass is 416 g/mol. The average molecular weight is 417 g/mol. The highest BCUT2D eigenvalue weighted by Crippen LogP contribution is 2.28. The molecule has 0 aliphatic heterocycles. The van der Waals surface area contributed by atoms with Gasteiger partial charge in [-0.2, -0.15) is 0 Å². The van der Waals surface area contributed by atoms with Gasteiger partial charge in [0, 0.05) is 5.56 Å². The van der Waals surface area contributed by atoms with E-state index in [1.54, 1.807) is 19.2 Å². The van der Waals surface area contributed by atoms with E-state index in [0.29, 0.717) is 21.6 Å². The maximum absolute atomic E-state index is 12.3. The molecular formula is C19H20N4O3S2. The number of nitrogen functional groups attached to an aromatic ring is 1. The lowest BCUT2D eigenvalue weighted by molar-refractivity contribution is -0.113. The highest BCUT2D eigenvalue weighted by atomic mass is 32.2. The molecule has 0 atom stereocenters. The summed E-state index contributed by atoms with van der Waals surface area (Å²) in [5.41, 5.74) is 2.48. The number of carbonyl (C=O) groups is 2. The van der Waals surface area contributed by atoms with Crippen LogP contribution >= 0.6 is 23.1 Å². The summed E-state index contributed by atoms with van der Waals surface area (Å²) >= 11 is 2.44. The van der Waals surface area contributed by atoms with Crippen LogP contribution in [-0.2, 0) is 9.53 Å². The van der Waals surface area contributed by atoms with Gasteiger partial charge in [-0.1, -0.05) is 42.1 Å². The fraction of sp³-hybridized carbons (Fsp3) is 0.211. The van der Waals surface area contributed by atoms with Crippen molar-refractivity contribution in [3.8, 4) is 11.3 Å². The minimum atomic E-state index is -0.376. The van der Waals surface area contributed by atoms with Gasteiger partial charge in [-0.25, -0.2) is 14.5 Å². The molecule has 0 unspecified atom stereocenters. The van der Waals surface area contributed by atoms with Crippen molar-refractivity contribution in [1.82, 2.24) is 9.66 Å². The molecule has 0 bridgehead atoms. The normalized spacial score (nSPS) is 10.6. The number of aryl methyl sites for hydroxylation is 1. The molecule has 2 heterocycles. The van der Waals surface area contributed by atoms with Crippen LogP contribution in [0.4, 0.5) is 5.00 Å². The molecule has 0 saturated heterocycles. The summed E-state index contributed by atoms with van der Waals surface area (Å²) in [4.78, 5) is 29.1. The fourth-order valence-corrected chi connectivity index (χ4v) is 4.16. The summed E-state index contributed by atoms with van der Waals surface area (Å²) in [6, 6.07) is 11.4. The van der Waals surface area contributed by atoms with E-state index in [-0.39, 0.29) is 17.6 Å². The lowest BCUT2D eigenvalue weighted by atomic mass is 10.2. The van der Waals surface area contributed by atoms with Crippen LogP contribution in [0.25, 0.3) is 11.3 Å². The summed E-state index contributed by atoms with van der Waals surface area (Å²) in [6.07, 6.45) is 1.73. The number of nitrogens with two attached hydrogens (primary N) is 1. The first-order valence-electron chi connectivity index (χ1n) is 8.58.